The number of aliphatic imine (C=N–C) groups is 1. The van der Waals surface area contributed by atoms with Crippen molar-refractivity contribution in [2.24, 2.45) is 4.99 Å². The quantitative estimate of drug-likeness (QED) is 0.406. The van der Waals surface area contributed by atoms with E-state index in [1.807, 2.05) is 0 Å². The number of aliphatic hydroxyl groups excluding tert-OH is 3. The van der Waals surface area contributed by atoms with Crippen molar-refractivity contribution in [1.82, 2.24) is 14.5 Å². The molecular formula is C13H17N5O6. The van der Waals surface area contributed by atoms with Gasteiger partial charge in [0.2, 0.25) is 11.7 Å². The molecule has 0 aliphatic carbocycles. The molecule has 4 heterocycles. The van der Waals surface area contributed by atoms with Gasteiger partial charge in [-0.3, -0.25) is 9.36 Å². The average molecular weight is 339 g/mol. The number of anilines is 1. The molecule has 4 rings (SSSR count). The van der Waals surface area contributed by atoms with Crippen molar-refractivity contribution >= 4 is 17.7 Å². The highest BCUT2D eigenvalue weighted by atomic mass is 16.5. The zero-order valence-corrected chi connectivity index (χ0v) is 12.7. The molecule has 2 unspecified atom stereocenters. The van der Waals surface area contributed by atoms with Gasteiger partial charge in [0, 0.05) is 6.42 Å². The van der Waals surface area contributed by atoms with Crippen LogP contribution >= 0.6 is 0 Å². The number of ether oxygens (including phenoxy) is 1. The van der Waals surface area contributed by atoms with Gasteiger partial charge in [0.05, 0.1) is 19.0 Å². The lowest BCUT2D eigenvalue weighted by atomic mass is 10.2. The third kappa shape index (κ3) is 1.99. The molecule has 0 aromatic carbocycles. The van der Waals surface area contributed by atoms with Crippen LogP contribution in [0, 0.1) is 0 Å². The van der Waals surface area contributed by atoms with Crippen LogP contribution in [0.4, 0.5) is 5.82 Å². The minimum absolute atomic E-state index is 0.00371. The van der Waals surface area contributed by atoms with Crippen molar-refractivity contribution in [3.63, 3.8) is 0 Å². The maximum absolute atomic E-state index is 12.5. The highest BCUT2D eigenvalue weighted by Crippen LogP contribution is 2.36. The molecular weight excluding hydrogens is 322 g/mol. The van der Waals surface area contributed by atoms with Gasteiger partial charge in [0.1, 0.15) is 18.1 Å². The van der Waals surface area contributed by atoms with Gasteiger partial charge in [0.15, 0.2) is 11.9 Å². The Morgan fingerprint density at radius 1 is 1.50 bits per heavy atom. The Balaban J connectivity index is 1.69. The molecule has 24 heavy (non-hydrogen) atoms. The Kier molecular flexibility index (Phi) is 3.21. The fourth-order valence-electron chi connectivity index (χ4n) is 3.11. The summed E-state index contributed by atoms with van der Waals surface area (Å²) in [4.78, 5) is 21.4. The third-order valence-corrected chi connectivity index (χ3v) is 4.43. The highest BCUT2D eigenvalue weighted by Gasteiger charge is 2.50. The summed E-state index contributed by atoms with van der Waals surface area (Å²) in [6.45, 7) is 0.961. The van der Waals surface area contributed by atoms with E-state index in [2.05, 4.69) is 15.3 Å². The molecule has 0 radical (unpaired) electrons. The van der Waals surface area contributed by atoms with Gasteiger partial charge in [0.25, 0.3) is 5.91 Å². The maximum Gasteiger partial charge on any atom is 0.285 e. The molecule has 5 atom stereocenters. The Labute approximate surface area is 135 Å². The number of nitrogens with zero attached hydrogens (tertiary/aromatic N) is 4. The number of nitrogens with one attached hydrogen (secondary N) is 1. The smallest absolute Gasteiger partial charge is 0.285 e. The summed E-state index contributed by atoms with van der Waals surface area (Å²) in [7, 11) is 0. The minimum Gasteiger partial charge on any atom is -0.394 e. The molecule has 11 nitrogen and oxygen atoms in total. The van der Waals surface area contributed by atoms with Crippen LogP contribution < -0.4 is 5.32 Å². The van der Waals surface area contributed by atoms with Gasteiger partial charge in [-0.1, -0.05) is 0 Å². The van der Waals surface area contributed by atoms with Crippen molar-refractivity contribution in [3.05, 3.63) is 12.0 Å². The summed E-state index contributed by atoms with van der Waals surface area (Å²) in [6, 6.07) is 0. The number of hydrogen-bond donors (Lipinski definition) is 5. The number of carbonyl (C=O) groups excluding carboxylic acids is 1. The predicted molar refractivity (Wildman–Crippen MR) is 77.7 cm³/mol. The number of guanidine groups is 1. The fourth-order valence-corrected chi connectivity index (χ4v) is 3.11. The van der Waals surface area contributed by atoms with Gasteiger partial charge in [-0.2, -0.15) is 0 Å². The number of fused-ring (bicyclic) bond motifs is 2. The topological polar surface area (TPSA) is 153 Å². The first-order valence-electron chi connectivity index (χ1n) is 7.45. The molecule has 5 N–H and O–H groups in total. The first-order valence-corrected chi connectivity index (χ1v) is 7.45. The lowest BCUT2D eigenvalue weighted by Gasteiger charge is -2.29. The van der Waals surface area contributed by atoms with Crippen LogP contribution in [0.5, 0.6) is 0 Å². The summed E-state index contributed by atoms with van der Waals surface area (Å²) in [5, 5.41) is 42.0. The van der Waals surface area contributed by atoms with E-state index in [0.29, 0.717) is 0 Å². The summed E-state index contributed by atoms with van der Waals surface area (Å²) in [6.07, 6.45) is -2.09. The van der Waals surface area contributed by atoms with Crippen molar-refractivity contribution in [2.45, 2.75) is 43.7 Å². The van der Waals surface area contributed by atoms with E-state index in [9.17, 15) is 25.2 Å². The van der Waals surface area contributed by atoms with E-state index in [-0.39, 0.29) is 30.5 Å². The van der Waals surface area contributed by atoms with E-state index in [1.165, 1.54) is 17.8 Å². The van der Waals surface area contributed by atoms with Crippen LogP contribution in [0.1, 0.15) is 30.1 Å². The zero-order valence-electron chi connectivity index (χ0n) is 12.7. The Hall–Kier alpha value is -2.05. The summed E-state index contributed by atoms with van der Waals surface area (Å²) in [5.74, 6) is -0.316. The molecule has 1 saturated heterocycles. The van der Waals surface area contributed by atoms with Crippen molar-refractivity contribution in [2.75, 3.05) is 11.9 Å². The second-order valence-electron chi connectivity index (χ2n) is 6.17. The van der Waals surface area contributed by atoms with Gasteiger partial charge >= 0.3 is 0 Å². The molecule has 3 aliphatic heterocycles. The standard InChI is InChI=1S/C13H17N5O6/c1-13(23)11(22)18-10(21)8-9(15-12(18)16-13)17(4-14-8)7-2-5(20)6(3-19)24-7/h4-7,11,19-20,22-23H,2-3H2,1H3,(H,15,16)/t5-,6+,7+,11?,13?/m0/s1. The number of carbonyl (C=O) groups is 1. The minimum atomic E-state index is -1.83. The zero-order chi connectivity index (χ0) is 17.2. The number of imidazole rings is 1. The van der Waals surface area contributed by atoms with Gasteiger partial charge < -0.3 is 30.5 Å². The van der Waals surface area contributed by atoms with Crippen molar-refractivity contribution in [3.8, 4) is 0 Å². The SMILES string of the molecule is CC1(O)N=C2Nc3c(ncn3[C@H]3C[C@H](O)[C@@H](CO)O3)C(=O)N2C1O. The van der Waals surface area contributed by atoms with Crippen LogP contribution in [0.25, 0.3) is 0 Å². The van der Waals surface area contributed by atoms with E-state index in [0.717, 1.165) is 4.90 Å². The number of hydrogen-bond acceptors (Lipinski definition) is 9. The van der Waals surface area contributed by atoms with Crippen molar-refractivity contribution < 1.29 is 30.0 Å². The molecule has 1 fully saturated rings. The average Bonchev–Trinajstić information content (AvgIpc) is 3.15. The monoisotopic (exact) mass is 339 g/mol. The van der Waals surface area contributed by atoms with Gasteiger partial charge in [-0.05, 0) is 6.92 Å². The molecule has 130 valence electrons. The van der Waals surface area contributed by atoms with E-state index >= 15 is 0 Å². The molecule has 0 spiro atoms. The van der Waals surface area contributed by atoms with Gasteiger partial charge in [-0.15, -0.1) is 0 Å². The molecule has 0 bridgehead atoms. The number of rotatable bonds is 2. The van der Waals surface area contributed by atoms with Crippen molar-refractivity contribution in [1.29, 1.82) is 0 Å². The molecule has 1 amide bonds. The first-order chi connectivity index (χ1) is 11.3. The molecule has 11 heteroatoms. The fraction of sp³-hybridized carbons (Fsp3) is 0.615. The Bertz CT molecular complexity index is 730. The number of aromatic nitrogens is 2. The Morgan fingerprint density at radius 2 is 2.25 bits per heavy atom. The van der Waals surface area contributed by atoms with Crippen LogP contribution in [0.15, 0.2) is 11.3 Å². The van der Waals surface area contributed by atoms with Crippen LogP contribution in [0.2, 0.25) is 0 Å². The van der Waals surface area contributed by atoms with Crippen LogP contribution in [0.3, 0.4) is 0 Å². The van der Waals surface area contributed by atoms with E-state index in [4.69, 9.17) is 4.74 Å². The van der Waals surface area contributed by atoms with Crippen LogP contribution in [-0.2, 0) is 4.74 Å². The predicted octanol–water partition coefficient (Wildman–Crippen LogP) is -2.21. The molecule has 1 aromatic heterocycles. The molecule has 0 saturated carbocycles. The Morgan fingerprint density at radius 3 is 2.92 bits per heavy atom. The second kappa shape index (κ2) is 4.97. The highest BCUT2D eigenvalue weighted by molar-refractivity contribution is 6.17. The largest absolute Gasteiger partial charge is 0.394 e. The van der Waals surface area contributed by atoms with Gasteiger partial charge in [-0.25, -0.2) is 14.9 Å². The van der Waals surface area contributed by atoms with E-state index < -0.39 is 36.3 Å². The normalized spacial score (nSPS) is 38.0. The van der Waals surface area contributed by atoms with E-state index in [1.54, 1.807) is 0 Å². The third-order valence-electron chi connectivity index (χ3n) is 4.43. The lowest BCUT2D eigenvalue weighted by Crippen LogP contribution is -2.52. The second-order valence-corrected chi connectivity index (χ2v) is 6.17. The molecule has 3 aliphatic rings. The first kappa shape index (κ1) is 15.5. The molecule has 1 aromatic rings. The summed E-state index contributed by atoms with van der Waals surface area (Å²) >= 11 is 0. The maximum atomic E-state index is 12.5. The summed E-state index contributed by atoms with van der Waals surface area (Å²) < 4.78 is 7.08. The lowest BCUT2D eigenvalue weighted by molar-refractivity contribution is -0.0858. The number of aliphatic hydroxyl groups is 4. The van der Waals surface area contributed by atoms with Crippen LogP contribution in [-0.4, -0.2) is 77.5 Å². The number of amides is 1. The summed E-state index contributed by atoms with van der Waals surface area (Å²) in [5.41, 5.74) is -1.79.